The molecule has 13 nitrogen and oxygen atoms in total. The van der Waals surface area contributed by atoms with Gasteiger partial charge in [0.2, 0.25) is 0 Å². The van der Waals surface area contributed by atoms with Crippen LogP contribution in [0.4, 0.5) is 4.79 Å². The molecule has 2 unspecified atom stereocenters. The Labute approximate surface area is 322 Å². The van der Waals surface area contributed by atoms with E-state index in [0.29, 0.717) is 64.4 Å². The van der Waals surface area contributed by atoms with Crippen LogP contribution in [0.3, 0.4) is 0 Å². The van der Waals surface area contributed by atoms with Gasteiger partial charge in [0.05, 0.1) is 37.3 Å². The summed E-state index contributed by atoms with van der Waals surface area (Å²) in [7, 11) is 1.68. The number of amides is 3. The van der Waals surface area contributed by atoms with E-state index >= 15 is 0 Å². The summed E-state index contributed by atoms with van der Waals surface area (Å²) < 4.78 is 18.8. The van der Waals surface area contributed by atoms with E-state index in [1.165, 1.54) is 0 Å². The SMILES string of the molecule is CCn1c(-c2cccnc2C(C)OC)c(CC(C)(C)COC=O)c2cc(-c3cc(O)cc(CC(NC(=O)N4CCOCC4)C(=O)N4CCCCN4)c3)ccc21. The Balaban J connectivity index is 1.42. The molecule has 2 fully saturated rings. The third kappa shape index (κ3) is 9.12. The molecule has 294 valence electrons. The summed E-state index contributed by atoms with van der Waals surface area (Å²) >= 11 is 0. The molecule has 4 aromatic rings. The number of nitrogens with zero attached hydrogens (tertiary/aromatic N) is 4. The van der Waals surface area contributed by atoms with E-state index in [1.807, 2.05) is 25.1 Å². The van der Waals surface area contributed by atoms with Gasteiger partial charge in [0, 0.05) is 74.3 Å². The molecule has 4 heterocycles. The molecule has 0 bridgehead atoms. The summed E-state index contributed by atoms with van der Waals surface area (Å²) in [5, 5.41) is 16.7. The fourth-order valence-corrected chi connectivity index (χ4v) is 7.73. The molecule has 55 heavy (non-hydrogen) atoms. The number of nitrogens with one attached hydrogen (secondary N) is 2. The molecule has 0 radical (unpaired) electrons. The number of rotatable bonds is 14. The Morgan fingerprint density at radius 2 is 1.89 bits per heavy atom. The van der Waals surface area contributed by atoms with E-state index in [-0.39, 0.29) is 36.8 Å². The third-order valence-electron chi connectivity index (χ3n) is 10.5. The number of benzene rings is 2. The number of aryl methyl sites for hydroxylation is 1. The number of phenolic OH excluding ortho intramolecular Hbond substituents is 1. The predicted octanol–water partition coefficient (Wildman–Crippen LogP) is 5.62. The van der Waals surface area contributed by atoms with E-state index in [0.717, 1.165) is 57.4 Å². The van der Waals surface area contributed by atoms with E-state index < -0.39 is 11.5 Å². The average molecular weight is 755 g/mol. The average Bonchev–Trinajstić information content (AvgIpc) is 3.50. The normalized spacial score (nSPS) is 16.2. The van der Waals surface area contributed by atoms with Crippen LogP contribution >= 0.6 is 0 Å². The Hall–Kier alpha value is -4.98. The first kappa shape index (κ1) is 39.7. The smallest absolute Gasteiger partial charge is 0.318 e. The lowest BCUT2D eigenvalue weighted by atomic mass is 9.84. The minimum absolute atomic E-state index is 0.0575. The molecular formula is C42H54N6O7. The molecular weight excluding hydrogens is 700 g/mol. The van der Waals surface area contributed by atoms with Crippen molar-refractivity contribution in [1.82, 2.24) is 30.2 Å². The Morgan fingerprint density at radius 3 is 2.60 bits per heavy atom. The van der Waals surface area contributed by atoms with E-state index in [2.05, 4.69) is 54.3 Å². The van der Waals surface area contributed by atoms with Crippen molar-refractivity contribution in [3.8, 4) is 28.1 Å². The topological polar surface area (TPSA) is 147 Å². The molecule has 6 rings (SSSR count). The second-order valence-electron chi connectivity index (χ2n) is 15.2. The number of aromatic nitrogens is 2. The zero-order valence-electron chi connectivity index (χ0n) is 32.6. The number of hydrogen-bond donors (Lipinski definition) is 3. The molecule has 13 heteroatoms. The highest BCUT2D eigenvalue weighted by Crippen LogP contribution is 2.42. The number of carbonyl (C=O) groups is 3. The second kappa shape index (κ2) is 17.7. The summed E-state index contributed by atoms with van der Waals surface area (Å²) in [5.41, 5.74) is 10.1. The van der Waals surface area contributed by atoms with Gasteiger partial charge in [-0.2, -0.15) is 0 Å². The van der Waals surface area contributed by atoms with Gasteiger partial charge in [-0.05, 0) is 91.8 Å². The van der Waals surface area contributed by atoms with Crippen LogP contribution in [0, 0.1) is 5.41 Å². The molecule has 2 aliphatic heterocycles. The van der Waals surface area contributed by atoms with Crippen LogP contribution in [-0.4, -0.2) is 102 Å². The number of carbonyl (C=O) groups excluding carboxylic acids is 3. The number of phenols is 1. The Morgan fingerprint density at radius 1 is 1.09 bits per heavy atom. The fraction of sp³-hybridized carbons (Fsp3) is 0.476. The van der Waals surface area contributed by atoms with Gasteiger partial charge in [-0.15, -0.1) is 0 Å². The maximum atomic E-state index is 13.9. The molecule has 2 saturated heterocycles. The maximum Gasteiger partial charge on any atom is 0.318 e. The van der Waals surface area contributed by atoms with Crippen molar-refractivity contribution in [2.75, 3.05) is 53.1 Å². The van der Waals surface area contributed by atoms with Gasteiger partial charge >= 0.3 is 6.03 Å². The molecule has 2 aromatic heterocycles. The molecule has 0 aliphatic carbocycles. The number of pyridine rings is 1. The molecule has 0 spiro atoms. The highest BCUT2D eigenvalue weighted by Gasteiger charge is 2.31. The van der Waals surface area contributed by atoms with Gasteiger partial charge in [-0.3, -0.25) is 19.6 Å². The molecule has 2 aromatic carbocycles. The summed E-state index contributed by atoms with van der Waals surface area (Å²) in [6.45, 7) is 12.7. The fourth-order valence-electron chi connectivity index (χ4n) is 7.73. The lowest BCUT2D eigenvalue weighted by molar-refractivity contribution is -0.137. The number of ether oxygens (including phenoxy) is 3. The van der Waals surface area contributed by atoms with Crippen molar-refractivity contribution in [3.05, 3.63) is 71.5 Å². The Kier molecular flexibility index (Phi) is 12.7. The first-order valence-electron chi connectivity index (χ1n) is 19.2. The van der Waals surface area contributed by atoms with Crippen LogP contribution < -0.4 is 10.7 Å². The lowest BCUT2D eigenvalue weighted by Gasteiger charge is -2.33. The summed E-state index contributed by atoms with van der Waals surface area (Å²) in [5.74, 6) is -0.161. The van der Waals surface area contributed by atoms with Crippen molar-refractivity contribution >= 4 is 29.3 Å². The Bertz CT molecular complexity index is 1980. The largest absolute Gasteiger partial charge is 0.508 e. The van der Waals surface area contributed by atoms with Crippen LogP contribution in [0.25, 0.3) is 33.3 Å². The zero-order chi connectivity index (χ0) is 39.1. The van der Waals surface area contributed by atoms with E-state index in [1.54, 1.807) is 35.3 Å². The van der Waals surface area contributed by atoms with Crippen molar-refractivity contribution in [1.29, 1.82) is 0 Å². The van der Waals surface area contributed by atoms with E-state index in [4.69, 9.17) is 19.2 Å². The third-order valence-corrected chi connectivity index (χ3v) is 10.5. The van der Waals surface area contributed by atoms with Crippen molar-refractivity contribution in [3.63, 3.8) is 0 Å². The highest BCUT2D eigenvalue weighted by atomic mass is 16.5. The van der Waals surface area contributed by atoms with Crippen LogP contribution in [0.15, 0.2) is 54.7 Å². The van der Waals surface area contributed by atoms with Gasteiger partial charge in [0.1, 0.15) is 11.8 Å². The van der Waals surface area contributed by atoms with Crippen LogP contribution in [0.5, 0.6) is 5.75 Å². The number of aromatic hydroxyl groups is 1. The minimum atomic E-state index is -0.857. The van der Waals surface area contributed by atoms with Gasteiger partial charge in [0.25, 0.3) is 12.4 Å². The molecule has 3 N–H and O–H groups in total. The number of hydrazine groups is 1. The summed E-state index contributed by atoms with van der Waals surface area (Å²) in [6, 6.07) is 14.5. The quantitative estimate of drug-likeness (QED) is 0.140. The zero-order valence-corrected chi connectivity index (χ0v) is 32.6. The van der Waals surface area contributed by atoms with Gasteiger partial charge in [0.15, 0.2) is 0 Å². The molecule has 0 saturated carbocycles. The van der Waals surface area contributed by atoms with Crippen LogP contribution in [0.2, 0.25) is 0 Å². The first-order valence-corrected chi connectivity index (χ1v) is 19.2. The van der Waals surface area contributed by atoms with Crippen LogP contribution in [0.1, 0.15) is 63.5 Å². The number of morpholine rings is 1. The number of fused-ring (bicyclic) bond motifs is 1. The first-order chi connectivity index (χ1) is 26.5. The summed E-state index contributed by atoms with van der Waals surface area (Å²) in [6.07, 6.45) is 4.16. The standard InChI is InChI=1S/C42H54N6O7/c1-6-47-37-12-11-30(24-34(37)35(25-42(3,4)26-55-27-49)39(47)33-10-9-13-43-38(33)28(2)53-5)31-20-29(21-32(50)23-31)22-36(40(51)48-15-8-7-14-44-48)45-41(52)46-16-18-54-19-17-46/h9-13,20-21,23-24,27-28,36,44,50H,6-8,14-19,22,25-26H2,1-5H3,(H,45,52). The van der Waals surface area contributed by atoms with Crippen molar-refractivity contribution < 1.29 is 33.7 Å². The number of urea groups is 1. The van der Waals surface area contributed by atoms with Crippen LogP contribution in [-0.2, 0) is 43.2 Å². The monoisotopic (exact) mass is 754 g/mol. The van der Waals surface area contributed by atoms with Gasteiger partial charge < -0.3 is 34.1 Å². The second-order valence-corrected chi connectivity index (χ2v) is 15.2. The van der Waals surface area contributed by atoms with E-state index in [9.17, 15) is 19.5 Å². The molecule has 2 atom stereocenters. The molecule has 2 aliphatic rings. The lowest BCUT2D eigenvalue weighted by Crippen LogP contribution is -2.58. The summed E-state index contributed by atoms with van der Waals surface area (Å²) in [4.78, 5) is 44.9. The maximum absolute atomic E-state index is 13.9. The number of hydrogen-bond acceptors (Lipinski definition) is 9. The highest BCUT2D eigenvalue weighted by molar-refractivity contribution is 5.95. The number of methoxy groups -OCH3 is 1. The van der Waals surface area contributed by atoms with Gasteiger partial charge in [-0.25, -0.2) is 10.2 Å². The minimum Gasteiger partial charge on any atom is -0.508 e. The van der Waals surface area contributed by atoms with Crippen molar-refractivity contribution in [2.45, 2.75) is 72.1 Å². The molecule has 3 amide bonds. The van der Waals surface area contributed by atoms with Gasteiger partial charge in [-0.1, -0.05) is 26.0 Å². The van der Waals surface area contributed by atoms with Crippen molar-refractivity contribution in [2.24, 2.45) is 5.41 Å². The predicted molar refractivity (Wildman–Crippen MR) is 210 cm³/mol.